The summed E-state index contributed by atoms with van der Waals surface area (Å²) in [5.41, 5.74) is 1.01. The Bertz CT molecular complexity index is 577. The largest absolute Gasteiger partial charge is 0.494 e. The van der Waals surface area contributed by atoms with Gasteiger partial charge in [-0.15, -0.1) is 0 Å². The van der Waals surface area contributed by atoms with Gasteiger partial charge in [0.2, 0.25) is 5.76 Å². The van der Waals surface area contributed by atoms with E-state index in [0.29, 0.717) is 25.9 Å². The van der Waals surface area contributed by atoms with Gasteiger partial charge in [-0.1, -0.05) is 12.1 Å². The topological polar surface area (TPSA) is 60.0 Å². The molecule has 0 radical (unpaired) electrons. The molecule has 24 heavy (non-hydrogen) atoms. The molecule has 1 saturated heterocycles. The molecule has 2 heterocycles. The van der Waals surface area contributed by atoms with Crippen molar-refractivity contribution in [2.75, 3.05) is 33.4 Å². The van der Waals surface area contributed by atoms with Crippen LogP contribution in [0.15, 0.2) is 36.3 Å². The number of likely N-dealkylation sites (tertiary alicyclic amines) is 1. The van der Waals surface area contributed by atoms with Crippen molar-refractivity contribution in [2.45, 2.75) is 25.5 Å². The summed E-state index contributed by atoms with van der Waals surface area (Å²) < 4.78 is 16.3. The number of benzene rings is 1. The lowest BCUT2D eigenvalue weighted by Crippen LogP contribution is -2.35. The van der Waals surface area contributed by atoms with Crippen LogP contribution in [0.2, 0.25) is 0 Å². The van der Waals surface area contributed by atoms with Crippen LogP contribution in [0.1, 0.15) is 18.4 Å². The van der Waals surface area contributed by atoms with E-state index in [0.717, 1.165) is 37.2 Å². The molecule has 1 aromatic carbocycles. The lowest BCUT2D eigenvalue weighted by Gasteiger charge is -2.29. The highest BCUT2D eigenvalue weighted by Crippen LogP contribution is 2.19. The Morgan fingerprint density at radius 2 is 2.00 bits per heavy atom. The van der Waals surface area contributed by atoms with E-state index in [1.807, 2.05) is 24.3 Å². The Labute approximate surface area is 142 Å². The van der Waals surface area contributed by atoms with Gasteiger partial charge in [0.25, 0.3) is 5.91 Å². The molecule has 0 bridgehead atoms. The first-order valence-electron chi connectivity index (χ1n) is 8.37. The summed E-state index contributed by atoms with van der Waals surface area (Å²) in [4.78, 5) is 14.2. The smallest absolute Gasteiger partial charge is 0.289 e. The van der Waals surface area contributed by atoms with Crippen molar-refractivity contribution in [3.8, 4) is 5.75 Å². The zero-order valence-electron chi connectivity index (χ0n) is 14.0. The van der Waals surface area contributed by atoms with Crippen LogP contribution in [0.5, 0.6) is 5.75 Å². The summed E-state index contributed by atoms with van der Waals surface area (Å²) in [5, 5.41) is 2.82. The van der Waals surface area contributed by atoms with Crippen LogP contribution in [0.25, 0.3) is 0 Å². The maximum absolute atomic E-state index is 11.9. The zero-order valence-corrected chi connectivity index (χ0v) is 14.0. The molecule has 1 N–H and O–H groups in total. The Hall–Kier alpha value is -2.21. The fourth-order valence-electron chi connectivity index (χ4n) is 2.74. The number of amides is 1. The molecule has 0 unspecified atom stereocenters. The number of nitrogens with zero attached hydrogens (tertiary/aromatic N) is 1. The summed E-state index contributed by atoms with van der Waals surface area (Å²) in [6, 6.07) is 7.85. The van der Waals surface area contributed by atoms with Crippen molar-refractivity contribution < 1.29 is 19.0 Å². The van der Waals surface area contributed by atoms with Gasteiger partial charge in [0.1, 0.15) is 31.3 Å². The van der Waals surface area contributed by atoms with Gasteiger partial charge in [-0.3, -0.25) is 4.79 Å². The number of carbonyl (C=O) groups is 1. The summed E-state index contributed by atoms with van der Waals surface area (Å²) in [6.45, 7) is 3.48. The normalized spacial score (nSPS) is 19.0. The number of hydrogen-bond acceptors (Lipinski definition) is 5. The Balaban J connectivity index is 1.46. The van der Waals surface area contributed by atoms with Gasteiger partial charge >= 0.3 is 0 Å². The minimum Gasteiger partial charge on any atom is -0.494 e. The van der Waals surface area contributed by atoms with Crippen LogP contribution in [0.4, 0.5) is 0 Å². The highest BCUT2D eigenvalue weighted by Gasteiger charge is 2.18. The first kappa shape index (κ1) is 16.6. The minimum atomic E-state index is -0.263. The van der Waals surface area contributed by atoms with Gasteiger partial charge in [0.15, 0.2) is 0 Å². The summed E-state index contributed by atoms with van der Waals surface area (Å²) in [6.07, 6.45) is 3.77. The second-order valence-electron chi connectivity index (χ2n) is 6.15. The van der Waals surface area contributed by atoms with Crippen molar-refractivity contribution in [2.24, 2.45) is 0 Å². The van der Waals surface area contributed by atoms with E-state index in [4.69, 9.17) is 14.2 Å². The molecule has 0 atom stereocenters. The average molecular weight is 332 g/mol. The molecule has 6 nitrogen and oxygen atoms in total. The molecule has 2 aliphatic rings. The lowest BCUT2D eigenvalue weighted by molar-refractivity contribution is -0.122. The van der Waals surface area contributed by atoms with E-state index >= 15 is 0 Å². The van der Waals surface area contributed by atoms with Crippen molar-refractivity contribution in [1.29, 1.82) is 0 Å². The SMILES string of the molecule is CN1CCC(Oc2ccc(CNC(=O)C3=COCCO3)cc2)CC1. The number of nitrogens with one attached hydrogen (secondary N) is 1. The van der Waals surface area contributed by atoms with E-state index in [1.54, 1.807) is 0 Å². The number of ether oxygens (including phenoxy) is 3. The minimum absolute atomic E-state index is 0.225. The standard InChI is InChI=1S/C18H24N2O4/c1-20-8-6-16(7-9-20)24-15-4-2-14(3-5-15)12-19-18(21)17-13-22-10-11-23-17/h2-5,13,16H,6-12H2,1H3,(H,19,21). The van der Waals surface area contributed by atoms with Gasteiger partial charge in [-0.2, -0.15) is 0 Å². The summed E-state index contributed by atoms with van der Waals surface area (Å²) in [5.74, 6) is 0.844. The maximum Gasteiger partial charge on any atom is 0.289 e. The van der Waals surface area contributed by atoms with E-state index in [2.05, 4.69) is 17.3 Å². The number of rotatable bonds is 5. The lowest BCUT2D eigenvalue weighted by atomic mass is 10.1. The Morgan fingerprint density at radius 3 is 2.67 bits per heavy atom. The fourth-order valence-corrected chi connectivity index (χ4v) is 2.74. The van der Waals surface area contributed by atoms with E-state index in [-0.39, 0.29) is 11.7 Å². The predicted molar refractivity (Wildman–Crippen MR) is 89.4 cm³/mol. The molecular weight excluding hydrogens is 308 g/mol. The predicted octanol–water partition coefficient (Wildman–Crippen LogP) is 1.66. The summed E-state index contributed by atoms with van der Waals surface area (Å²) >= 11 is 0. The van der Waals surface area contributed by atoms with Crippen LogP contribution in [-0.2, 0) is 20.8 Å². The van der Waals surface area contributed by atoms with Crippen molar-refractivity contribution in [1.82, 2.24) is 10.2 Å². The molecule has 130 valence electrons. The second-order valence-corrected chi connectivity index (χ2v) is 6.15. The zero-order chi connectivity index (χ0) is 16.8. The van der Waals surface area contributed by atoms with E-state index in [9.17, 15) is 4.79 Å². The van der Waals surface area contributed by atoms with Gasteiger partial charge in [0.05, 0.1) is 0 Å². The first-order valence-corrected chi connectivity index (χ1v) is 8.37. The molecule has 0 aliphatic carbocycles. The van der Waals surface area contributed by atoms with Crippen LogP contribution in [-0.4, -0.2) is 50.3 Å². The van der Waals surface area contributed by atoms with E-state index < -0.39 is 0 Å². The molecule has 2 aliphatic heterocycles. The van der Waals surface area contributed by atoms with Crippen LogP contribution >= 0.6 is 0 Å². The number of hydrogen-bond donors (Lipinski definition) is 1. The fraction of sp³-hybridized carbons (Fsp3) is 0.500. The summed E-state index contributed by atoms with van der Waals surface area (Å²) in [7, 11) is 2.14. The van der Waals surface area contributed by atoms with Gasteiger partial charge in [0, 0.05) is 19.6 Å². The van der Waals surface area contributed by atoms with Crippen molar-refractivity contribution >= 4 is 5.91 Å². The molecule has 0 spiro atoms. The van der Waals surface area contributed by atoms with E-state index in [1.165, 1.54) is 6.26 Å². The van der Waals surface area contributed by atoms with Crippen LogP contribution in [0.3, 0.4) is 0 Å². The number of piperidine rings is 1. The van der Waals surface area contributed by atoms with Crippen molar-refractivity contribution in [3.63, 3.8) is 0 Å². The average Bonchev–Trinajstić information content (AvgIpc) is 2.63. The quantitative estimate of drug-likeness (QED) is 0.889. The molecule has 1 fully saturated rings. The monoisotopic (exact) mass is 332 g/mol. The maximum atomic E-state index is 11.9. The van der Waals surface area contributed by atoms with Gasteiger partial charge in [-0.05, 0) is 37.6 Å². The highest BCUT2D eigenvalue weighted by atomic mass is 16.6. The Morgan fingerprint density at radius 1 is 1.25 bits per heavy atom. The third kappa shape index (κ3) is 4.64. The molecule has 1 amide bonds. The number of carbonyl (C=O) groups excluding carboxylic acids is 1. The first-order chi connectivity index (χ1) is 11.7. The molecule has 0 aromatic heterocycles. The molecule has 6 heteroatoms. The van der Waals surface area contributed by atoms with Crippen LogP contribution in [0, 0.1) is 0 Å². The van der Waals surface area contributed by atoms with Gasteiger partial charge in [-0.25, -0.2) is 0 Å². The van der Waals surface area contributed by atoms with Gasteiger partial charge < -0.3 is 24.4 Å². The van der Waals surface area contributed by atoms with Crippen LogP contribution < -0.4 is 10.1 Å². The third-order valence-corrected chi connectivity index (χ3v) is 4.22. The third-order valence-electron chi connectivity index (χ3n) is 4.22. The molecular formula is C18H24N2O4. The highest BCUT2D eigenvalue weighted by molar-refractivity contribution is 5.91. The van der Waals surface area contributed by atoms with Crippen molar-refractivity contribution in [3.05, 3.63) is 41.9 Å². The second kappa shape index (κ2) is 8.06. The Kier molecular flexibility index (Phi) is 5.59. The molecule has 1 aromatic rings. The molecule has 3 rings (SSSR count). The molecule has 0 saturated carbocycles.